The highest BCUT2D eigenvalue weighted by molar-refractivity contribution is 7.12. The summed E-state index contributed by atoms with van der Waals surface area (Å²) in [5.41, 5.74) is 4.55. The number of ether oxygens (including phenoxy) is 1. The molecule has 2 aromatic carbocycles. The molecule has 0 bridgehead atoms. The Balaban J connectivity index is 0.00000320. The number of carbonyl (C=O) groups excluding carboxylic acids is 2. The molecule has 0 spiro atoms. The molecule has 1 saturated heterocycles. The summed E-state index contributed by atoms with van der Waals surface area (Å²) in [5, 5.41) is 13.4. The van der Waals surface area contributed by atoms with Gasteiger partial charge in [0, 0.05) is 29.7 Å². The Labute approximate surface area is 225 Å². The van der Waals surface area contributed by atoms with Crippen LogP contribution in [0.2, 0.25) is 0 Å². The van der Waals surface area contributed by atoms with Crippen LogP contribution in [0.25, 0.3) is 23.1 Å². The smallest absolute Gasteiger partial charge is 0.266 e. The van der Waals surface area contributed by atoms with Gasteiger partial charge in [0.25, 0.3) is 11.8 Å². The predicted molar refractivity (Wildman–Crippen MR) is 152 cm³/mol. The molecule has 2 amide bonds. The van der Waals surface area contributed by atoms with Gasteiger partial charge >= 0.3 is 0 Å². The minimum absolute atomic E-state index is 0. The third kappa shape index (κ3) is 5.77. The van der Waals surface area contributed by atoms with E-state index in [-0.39, 0.29) is 36.4 Å². The fourth-order valence-corrected chi connectivity index (χ4v) is 5.35. The van der Waals surface area contributed by atoms with Crippen molar-refractivity contribution in [3.63, 3.8) is 0 Å². The number of aromatic nitrogens is 2. The molecule has 0 radical (unpaired) electrons. The van der Waals surface area contributed by atoms with E-state index in [9.17, 15) is 9.59 Å². The van der Waals surface area contributed by atoms with Gasteiger partial charge in [-0.15, -0.1) is 23.7 Å². The Hall–Kier alpha value is -3.46. The van der Waals surface area contributed by atoms with Crippen molar-refractivity contribution in [1.82, 2.24) is 15.1 Å². The van der Waals surface area contributed by atoms with Crippen molar-refractivity contribution in [2.24, 2.45) is 0 Å². The molecule has 3 heterocycles. The highest BCUT2D eigenvalue weighted by Gasteiger charge is 2.27. The Bertz CT molecular complexity index is 1450. The SMILES string of the molecule is Cc1ccsc1C(=O)Nc1cc(C(=O)N2CC(C)OC(C)C2)ccc1C=Cc1n[nH]c2ccccc12.Cl. The molecular weight excluding hydrogens is 508 g/mol. The lowest BCUT2D eigenvalue weighted by molar-refractivity contribution is -0.0586. The number of H-pyrrole nitrogens is 1. The second-order valence-electron chi connectivity index (χ2n) is 9.14. The number of aryl methyl sites for hydroxylation is 1. The van der Waals surface area contributed by atoms with Crippen LogP contribution in [-0.4, -0.2) is 52.2 Å². The summed E-state index contributed by atoms with van der Waals surface area (Å²) in [4.78, 5) is 28.9. The molecule has 192 valence electrons. The predicted octanol–water partition coefficient (Wildman–Crippen LogP) is 6.03. The molecule has 0 saturated carbocycles. The number of hydrogen-bond donors (Lipinski definition) is 2. The van der Waals surface area contributed by atoms with E-state index in [0.29, 0.717) is 29.2 Å². The van der Waals surface area contributed by atoms with Crippen LogP contribution in [0.4, 0.5) is 5.69 Å². The highest BCUT2D eigenvalue weighted by atomic mass is 35.5. The average Bonchev–Trinajstić information content (AvgIpc) is 3.48. The number of rotatable bonds is 5. The number of thiophene rings is 1. The Kier molecular flexibility index (Phi) is 8.12. The number of aromatic amines is 1. The van der Waals surface area contributed by atoms with Crippen molar-refractivity contribution in [1.29, 1.82) is 0 Å². The van der Waals surface area contributed by atoms with Gasteiger partial charge in [-0.3, -0.25) is 14.7 Å². The minimum atomic E-state index is -0.194. The molecule has 9 heteroatoms. The molecule has 1 fully saturated rings. The normalized spacial score (nSPS) is 17.6. The minimum Gasteiger partial charge on any atom is -0.372 e. The molecule has 1 aliphatic rings. The first-order chi connectivity index (χ1) is 17.4. The van der Waals surface area contributed by atoms with Crippen LogP contribution in [0.1, 0.15) is 50.7 Å². The molecule has 4 aromatic rings. The average molecular weight is 537 g/mol. The largest absolute Gasteiger partial charge is 0.372 e. The first-order valence-electron chi connectivity index (χ1n) is 11.9. The third-order valence-corrected chi connectivity index (χ3v) is 7.26. The summed E-state index contributed by atoms with van der Waals surface area (Å²) in [7, 11) is 0. The number of amides is 2. The quantitative estimate of drug-likeness (QED) is 0.326. The lowest BCUT2D eigenvalue weighted by atomic mass is 10.1. The lowest BCUT2D eigenvalue weighted by Gasteiger charge is -2.35. The number of halogens is 1. The number of nitrogens with zero attached hydrogens (tertiary/aromatic N) is 2. The number of carbonyl (C=O) groups is 2. The maximum Gasteiger partial charge on any atom is 0.266 e. The standard InChI is InChI=1S/C28H28N4O3S.ClH/c1-17-12-13-36-26(17)27(33)29-25-14-21(28(34)32-15-18(2)35-19(3)16-32)9-8-20(25)10-11-24-22-6-4-5-7-23(22)30-31-24;/h4-14,18-19H,15-16H2,1-3H3,(H,29,33)(H,30,31);1H. The highest BCUT2D eigenvalue weighted by Crippen LogP contribution is 2.26. The van der Waals surface area contributed by atoms with Gasteiger partial charge in [0.05, 0.1) is 28.3 Å². The van der Waals surface area contributed by atoms with Crippen molar-refractivity contribution in [3.05, 3.63) is 81.2 Å². The van der Waals surface area contributed by atoms with E-state index >= 15 is 0 Å². The van der Waals surface area contributed by atoms with Crippen LogP contribution in [0, 0.1) is 6.92 Å². The number of para-hydroxylation sites is 1. The van der Waals surface area contributed by atoms with E-state index < -0.39 is 0 Å². The summed E-state index contributed by atoms with van der Waals surface area (Å²) in [6.07, 6.45) is 3.77. The van der Waals surface area contributed by atoms with Crippen molar-refractivity contribution >= 4 is 64.3 Å². The molecule has 0 aliphatic carbocycles. The zero-order chi connectivity index (χ0) is 25.2. The number of anilines is 1. The number of morpholine rings is 1. The monoisotopic (exact) mass is 536 g/mol. The third-order valence-electron chi connectivity index (χ3n) is 6.24. The first-order valence-corrected chi connectivity index (χ1v) is 12.8. The molecular formula is C28H29ClN4O3S. The van der Waals surface area contributed by atoms with Crippen LogP contribution in [-0.2, 0) is 4.74 Å². The fraction of sp³-hybridized carbons (Fsp3) is 0.250. The second-order valence-corrected chi connectivity index (χ2v) is 10.1. The summed E-state index contributed by atoms with van der Waals surface area (Å²) >= 11 is 1.40. The molecule has 2 N–H and O–H groups in total. The van der Waals surface area contributed by atoms with Gasteiger partial charge in [-0.2, -0.15) is 5.10 Å². The fourth-order valence-electron chi connectivity index (χ4n) is 4.53. The maximum absolute atomic E-state index is 13.3. The van der Waals surface area contributed by atoms with Crippen LogP contribution in [0.15, 0.2) is 53.9 Å². The number of nitrogens with one attached hydrogen (secondary N) is 2. The van der Waals surface area contributed by atoms with E-state index in [4.69, 9.17) is 4.74 Å². The lowest BCUT2D eigenvalue weighted by Crippen LogP contribution is -2.48. The number of fused-ring (bicyclic) bond motifs is 1. The summed E-state index contributed by atoms with van der Waals surface area (Å²) in [6, 6.07) is 15.3. The van der Waals surface area contributed by atoms with E-state index in [1.165, 1.54) is 11.3 Å². The van der Waals surface area contributed by atoms with Gasteiger partial charge in [-0.05, 0) is 67.6 Å². The Morgan fingerprint density at radius 1 is 1.11 bits per heavy atom. The molecule has 7 nitrogen and oxygen atoms in total. The topological polar surface area (TPSA) is 87.3 Å². The zero-order valence-electron chi connectivity index (χ0n) is 20.9. The summed E-state index contributed by atoms with van der Waals surface area (Å²) in [5.74, 6) is -0.269. The molecule has 2 aromatic heterocycles. The number of benzene rings is 2. The summed E-state index contributed by atoms with van der Waals surface area (Å²) < 4.78 is 5.78. The Morgan fingerprint density at radius 2 is 1.86 bits per heavy atom. The molecule has 1 aliphatic heterocycles. The van der Waals surface area contributed by atoms with Gasteiger partial charge in [-0.25, -0.2) is 0 Å². The van der Waals surface area contributed by atoms with Gasteiger partial charge < -0.3 is 15.0 Å². The first kappa shape index (κ1) is 26.6. The second kappa shape index (κ2) is 11.3. The van der Waals surface area contributed by atoms with Gasteiger partial charge in [-0.1, -0.05) is 30.3 Å². The molecule has 2 unspecified atom stereocenters. The summed E-state index contributed by atoms with van der Waals surface area (Å²) in [6.45, 7) is 6.92. The molecule has 5 rings (SSSR count). The van der Waals surface area contributed by atoms with Crippen molar-refractivity contribution in [2.45, 2.75) is 33.0 Å². The molecule has 37 heavy (non-hydrogen) atoms. The van der Waals surface area contributed by atoms with Crippen LogP contribution < -0.4 is 5.32 Å². The van der Waals surface area contributed by atoms with Crippen molar-refractivity contribution < 1.29 is 14.3 Å². The molecule has 2 atom stereocenters. The van der Waals surface area contributed by atoms with Crippen LogP contribution in [0.5, 0.6) is 0 Å². The van der Waals surface area contributed by atoms with E-state index in [1.807, 2.05) is 85.7 Å². The maximum atomic E-state index is 13.3. The van der Waals surface area contributed by atoms with Crippen molar-refractivity contribution in [2.75, 3.05) is 18.4 Å². The van der Waals surface area contributed by atoms with Crippen LogP contribution >= 0.6 is 23.7 Å². The number of hydrogen-bond acceptors (Lipinski definition) is 5. The van der Waals surface area contributed by atoms with Gasteiger partial charge in [0.2, 0.25) is 0 Å². The zero-order valence-corrected chi connectivity index (χ0v) is 22.5. The van der Waals surface area contributed by atoms with Crippen molar-refractivity contribution in [3.8, 4) is 0 Å². The van der Waals surface area contributed by atoms with E-state index in [1.54, 1.807) is 6.07 Å². The van der Waals surface area contributed by atoms with Gasteiger partial charge in [0.1, 0.15) is 0 Å². The Morgan fingerprint density at radius 3 is 2.59 bits per heavy atom. The van der Waals surface area contributed by atoms with Gasteiger partial charge in [0.15, 0.2) is 0 Å². The van der Waals surface area contributed by atoms with E-state index in [0.717, 1.165) is 27.7 Å². The van der Waals surface area contributed by atoms with Crippen LogP contribution in [0.3, 0.4) is 0 Å². The van der Waals surface area contributed by atoms with E-state index in [2.05, 4.69) is 15.5 Å².